The molecule has 1 aliphatic rings. The summed E-state index contributed by atoms with van der Waals surface area (Å²) in [4.78, 5) is 0. The van der Waals surface area contributed by atoms with Gasteiger partial charge in [-0.2, -0.15) is 5.10 Å². The normalized spacial score (nSPS) is 24.9. The number of rotatable bonds is 2. The predicted octanol–water partition coefficient (Wildman–Crippen LogP) is 1.78. The van der Waals surface area contributed by atoms with E-state index >= 15 is 0 Å². The van der Waals surface area contributed by atoms with Crippen molar-refractivity contribution in [3.05, 3.63) is 17.0 Å². The van der Waals surface area contributed by atoms with E-state index in [9.17, 15) is 0 Å². The van der Waals surface area contributed by atoms with Crippen molar-refractivity contribution >= 4 is 0 Å². The molecule has 84 valence electrons. The van der Waals surface area contributed by atoms with Gasteiger partial charge >= 0.3 is 0 Å². The zero-order chi connectivity index (χ0) is 11.2. The molecule has 3 heteroatoms. The summed E-state index contributed by atoms with van der Waals surface area (Å²) in [5.74, 6) is 1.71. The predicted molar refractivity (Wildman–Crippen MR) is 62.0 cm³/mol. The summed E-state index contributed by atoms with van der Waals surface area (Å²) in [6.07, 6.45) is 1.10. The number of fused-ring (bicyclic) bond motifs is 1. The standard InChI is InChI=1S/C12H21N3/c1-7(2)12-11-9(6-13)8(3)5-10(11)14-15(12)4/h7-9H,5-6,13H2,1-4H3. The number of nitrogens with two attached hydrogens (primary N) is 1. The Labute approximate surface area is 91.7 Å². The van der Waals surface area contributed by atoms with Gasteiger partial charge in [-0.05, 0) is 24.8 Å². The van der Waals surface area contributed by atoms with E-state index in [0.29, 0.717) is 17.8 Å². The second-order valence-electron chi connectivity index (χ2n) is 5.05. The minimum atomic E-state index is 0.520. The largest absolute Gasteiger partial charge is 0.330 e. The third-order valence-electron chi connectivity index (χ3n) is 3.58. The van der Waals surface area contributed by atoms with Crippen LogP contribution < -0.4 is 5.73 Å². The Morgan fingerprint density at radius 1 is 1.53 bits per heavy atom. The zero-order valence-corrected chi connectivity index (χ0v) is 10.1. The van der Waals surface area contributed by atoms with Crippen LogP contribution >= 0.6 is 0 Å². The summed E-state index contributed by atoms with van der Waals surface area (Å²) in [6.45, 7) is 7.49. The van der Waals surface area contributed by atoms with Gasteiger partial charge in [-0.1, -0.05) is 20.8 Å². The van der Waals surface area contributed by atoms with Crippen LogP contribution in [0.5, 0.6) is 0 Å². The van der Waals surface area contributed by atoms with E-state index in [1.165, 1.54) is 17.0 Å². The topological polar surface area (TPSA) is 43.8 Å². The van der Waals surface area contributed by atoms with E-state index < -0.39 is 0 Å². The van der Waals surface area contributed by atoms with E-state index in [2.05, 4.69) is 25.9 Å². The summed E-state index contributed by atoms with van der Waals surface area (Å²) < 4.78 is 2.05. The third-order valence-corrected chi connectivity index (χ3v) is 3.58. The number of hydrogen-bond donors (Lipinski definition) is 1. The first kappa shape index (κ1) is 10.7. The third kappa shape index (κ3) is 1.49. The van der Waals surface area contributed by atoms with Crippen molar-refractivity contribution in [2.75, 3.05) is 6.54 Å². The SMILES string of the molecule is CC(C)c1c2c(nn1C)CC(C)C2CN. The van der Waals surface area contributed by atoms with Crippen molar-refractivity contribution in [1.82, 2.24) is 9.78 Å². The van der Waals surface area contributed by atoms with Gasteiger partial charge in [-0.25, -0.2) is 0 Å². The van der Waals surface area contributed by atoms with Crippen molar-refractivity contribution in [3.63, 3.8) is 0 Å². The lowest BCUT2D eigenvalue weighted by atomic mass is 9.91. The molecule has 0 spiro atoms. The second kappa shape index (κ2) is 3.63. The van der Waals surface area contributed by atoms with Crippen LogP contribution in [0, 0.1) is 5.92 Å². The number of aromatic nitrogens is 2. The highest BCUT2D eigenvalue weighted by molar-refractivity contribution is 5.37. The van der Waals surface area contributed by atoms with Crippen molar-refractivity contribution in [1.29, 1.82) is 0 Å². The average molecular weight is 207 g/mol. The van der Waals surface area contributed by atoms with Crippen LogP contribution in [0.4, 0.5) is 0 Å². The lowest BCUT2D eigenvalue weighted by Crippen LogP contribution is -2.18. The highest BCUT2D eigenvalue weighted by Gasteiger charge is 2.34. The van der Waals surface area contributed by atoms with E-state index in [1.54, 1.807) is 0 Å². The molecule has 2 atom stereocenters. The maximum Gasteiger partial charge on any atom is 0.0665 e. The first-order chi connectivity index (χ1) is 7.06. The monoisotopic (exact) mass is 207 g/mol. The average Bonchev–Trinajstić information content (AvgIpc) is 2.57. The van der Waals surface area contributed by atoms with Gasteiger partial charge in [0.2, 0.25) is 0 Å². The van der Waals surface area contributed by atoms with E-state index in [-0.39, 0.29) is 0 Å². The lowest BCUT2D eigenvalue weighted by molar-refractivity contribution is 0.487. The van der Waals surface area contributed by atoms with Crippen LogP contribution in [0.2, 0.25) is 0 Å². The molecular formula is C12H21N3. The van der Waals surface area contributed by atoms with E-state index in [4.69, 9.17) is 5.73 Å². The summed E-state index contributed by atoms with van der Waals surface area (Å²) in [6, 6.07) is 0. The van der Waals surface area contributed by atoms with Crippen LogP contribution in [0.1, 0.15) is 49.6 Å². The fourth-order valence-electron chi connectivity index (χ4n) is 2.93. The van der Waals surface area contributed by atoms with Gasteiger partial charge in [0.05, 0.1) is 5.69 Å². The maximum atomic E-state index is 5.88. The molecule has 0 fully saturated rings. The van der Waals surface area contributed by atoms with Gasteiger partial charge in [-0.3, -0.25) is 4.68 Å². The summed E-state index contributed by atoms with van der Waals surface area (Å²) in [5.41, 5.74) is 9.99. The van der Waals surface area contributed by atoms with Crippen LogP contribution in [-0.2, 0) is 13.5 Å². The Hall–Kier alpha value is -0.830. The number of aryl methyl sites for hydroxylation is 1. The zero-order valence-electron chi connectivity index (χ0n) is 10.1. The summed E-state index contributed by atoms with van der Waals surface area (Å²) in [5, 5.41) is 4.62. The molecular weight excluding hydrogens is 186 g/mol. The minimum Gasteiger partial charge on any atom is -0.330 e. The van der Waals surface area contributed by atoms with Crippen molar-refractivity contribution in [2.45, 2.75) is 39.0 Å². The van der Waals surface area contributed by atoms with Gasteiger partial charge in [0.1, 0.15) is 0 Å². The Morgan fingerprint density at radius 2 is 2.20 bits per heavy atom. The van der Waals surface area contributed by atoms with Crippen molar-refractivity contribution in [2.24, 2.45) is 18.7 Å². The van der Waals surface area contributed by atoms with Crippen molar-refractivity contribution < 1.29 is 0 Å². The van der Waals surface area contributed by atoms with E-state index in [0.717, 1.165) is 13.0 Å². The van der Waals surface area contributed by atoms with Gasteiger partial charge < -0.3 is 5.73 Å². The Balaban J connectivity index is 2.51. The molecule has 0 bridgehead atoms. The number of nitrogens with zero attached hydrogens (tertiary/aromatic N) is 2. The van der Waals surface area contributed by atoms with Gasteiger partial charge in [0.25, 0.3) is 0 Å². The highest BCUT2D eigenvalue weighted by Crippen LogP contribution is 2.40. The maximum absolute atomic E-state index is 5.88. The Bertz CT molecular complexity index is 365. The summed E-state index contributed by atoms with van der Waals surface area (Å²) in [7, 11) is 2.05. The summed E-state index contributed by atoms with van der Waals surface area (Å²) >= 11 is 0. The molecule has 2 rings (SSSR count). The van der Waals surface area contributed by atoms with Crippen LogP contribution in [0.15, 0.2) is 0 Å². The molecule has 0 amide bonds. The molecule has 0 aromatic carbocycles. The Kier molecular flexibility index (Phi) is 2.59. The minimum absolute atomic E-state index is 0.520. The van der Waals surface area contributed by atoms with Crippen molar-refractivity contribution in [3.8, 4) is 0 Å². The number of hydrogen-bond acceptors (Lipinski definition) is 2. The van der Waals surface area contributed by atoms with Crippen LogP contribution in [0.25, 0.3) is 0 Å². The van der Waals surface area contributed by atoms with Gasteiger partial charge in [-0.15, -0.1) is 0 Å². The fraction of sp³-hybridized carbons (Fsp3) is 0.750. The molecule has 1 aromatic rings. The van der Waals surface area contributed by atoms with Crippen LogP contribution in [0.3, 0.4) is 0 Å². The molecule has 0 aliphatic heterocycles. The first-order valence-corrected chi connectivity index (χ1v) is 5.82. The quantitative estimate of drug-likeness (QED) is 0.803. The highest BCUT2D eigenvalue weighted by atomic mass is 15.3. The molecule has 0 saturated carbocycles. The smallest absolute Gasteiger partial charge is 0.0665 e. The fourth-order valence-corrected chi connectivity index (χ4v) is 2.93. The molecule has 0 radical (unpaired) electrons. The molecule has 0 saturated heterocycles. The molecule has 1 heterocycles. The lowest BCUT2D eigenvalue weighted by Gasteiger charge is -2.17. The molecule has 2 N–H and O–H groups in total. The molecule has 3 nitrogen and oxygen atoms in total. The molecule has 15 heavy (non-hydrogen) atoms. The van der Waals surface area contributed by atoms with Gasteiger partial charge in [0, 0.05) is 24.2 Å². The first-order valence-electron chi connectivity index (χ1n) is 5.82. The Morgan fingerprint density at radius 3 is 2.73 bits per heavy atom. The molecule has 2 unspecified atom stereocenters. The van der Waals surface area contributed by atoms with Crippen LogP contribution in [-0.4, -0.2) is 16.3 Å². The second-order valence-corrected chi connectivity index (χ2v) is 5.05. The molecule has 1 aromatic heterocycles. The van der Waals surface area contributed by atoms with E-state index in [1.807, 2.05) is 11.7 Å². The molecule has 1 aliphatic carbocycles. The van der Waals surface area contributed by atoms with Gasteiger partial charge in [0.15, 0.2) is 0 Å².